The number of rotatable bonds is 5. The van der Waals surface area contributed by atoms with Crippen LogP contribution >= 0.6 is 0 Å². The predicted molar refractivity (Wildman–Crippen MR) is 59.6 cm³/mol. The van der Waals surface area contributed by atoms with E-state index in [-0.39, 0.29) is 12.5 Å². The highest BCUT2D eigenvalue weighted by Crippen LogP contribution is 2.05. The molecule has 1 rings (SSSR count). The van der Waals surface area contributed by atoms with E-state index in [1.807, 2.05) is 4.90 Å². The first kappa shape index (κ1) is 12.5. The van der Waals surface area contributed by atoms with Gasteiger partial charge in [-0.05, 0) is 19.4 Å². The van der Waals surface area contributed by atoms with E-state index in [0.29, 0.717) is 6.42 Å². The maximum atomic E-state index is 11.7. The molecule has 0 aromatic rings. The van der Waals surface area contributed by atoms with Crippen molar-refractivity contribution in [3.8, 4) is 0 Å². The summed E-state index contributed by atoms with van der Waals surface area (Å²) in [5.74, 6) is 0.249. The Kier molecular flexibility index (Phi) is 5.65. The first-order chi connectivity index (χ1) is 7.27. The van der Waals surface area contributed by atoms with E-state index in [4.69, 9.17) is 5.11 Å². The van der Waals surface area contributed by atoms with Gasteiger partial charge in [0.1, 0.15) is 0 Å². The third-order valence-corrected chi connectivity index (χ3v) is 2.97. The lowest BCUT2D eigenvalue weighted by Crippen LogP contribution is -2.48. The fourth-order valence-corrected chi connectivity index (χ4v) is 1.86. The van der Waals surface area contributed by atoms with Crippen LogP contribution in [0, 0.1) is 0 Å². The number of carbonyl (C=O) groups is 1. The van der Waals surface area contributed by atoms with Crippen LogP contribution < -0.4 is 0 Å². The quantitative estimate of drug-likeness (QED) is 0.670. The van der Waals surface area contributed by atoms with Crippen molar-refractivity contribution in [1.29, 1.82) is 0 Å². The van der Waals surface area contributed by atoms with Crippen molar-refractivity contribution >= 4 is 5.91 Å². The summed E-state index contributed by atoms with van der Waals surface area (Å²) in [7, 11) is 0. The van der Waals surface area contributed by atoms with Crippen LogP contribution in [0.2, 0.25) is 0 Å². The largest absolute Gasteiger partial charge is 0.396 e. The highest BCUT2D eigenvalue weighted by atomic mass is 16.3. The van der Waals surface area contributed by atoms with E-state index in [0.717, 1.165) is 45.6 Å². The van der Waals surface area contributed by atoms with Crippen molar-refractivity contribution in [1.82, 2.24) is 9.80 Å². The Morgan fingerprint density at radius 2 is 1.87 bits per heavy atom. The lowest BCUT2D eigenvalue weighted by molar-refractivity contribution is -0.133. The molecule has 0 spiro atoms. The number of piperazine rings is 1. The summed E-state index contributed by atoms with van der Waals surface area (Å²) in [6.07, 6.45) is 2.14. The Labute approximate surface area is 91.9 Å². The number of hydrogen-bond acceptors (Lipinski definition) is 3. The maximum Gasteiger partial charge on any atom is 0.222 e. The topological polar surface area (TPSA) is 43.8 Å². The zero-order valence-corrected chi connectivity index (χ0v) is 9.61. The van der Waals surface area contributed by atoms with Crippen molar-refractivity contribution in [3.05, 3.63) is 0 Å². The molecule has 4 heteroatoms. The minimum absolute atomic E-state index is 0.191. The van der Waals surface area contributed by atoms with Crippen LogP contribution in [-0.4, -0.2) is 60.1 Å². The number of amides is 1. The molecule has 15 heavy (non-hydrogen) atoms. The molecule has 1 heterocycles. The van der Waals surface area contributed by atoms with Gasteiger partial charge in [0.15, 0.2) is 0 Å². The smallest absolute Gasteiger partial charge is 0.222 e. The number of unbranched alkanes of at least 4 members (excludes halogenated alkanes) is 1. The summed E-state index contributed by atoms with van der Waals surface area (Å²) in [5, 5.41) is 8.62. The van der Waals surface area contributed by atoms with Crippen LogP contribution in [0.15, 0.2) is 0 Å². The molecule has 0 bridgehead atoms. The molecule has 4 nitrogen and oxygen atoms in total. The molecular formula is C11H22N2O2. The normalized spacial score (nSPS) is 18.1. The Morgan fingerprint density at radius 3 is 2.40 bits per heavy atom. The Morgan fingerprint density at radius 1 is 1.20 bits per heavy atom. The van der Waals surface area contributed by atoms with Gasteiger partial charge in [0, 0.05) is 39.2 Å². The second kappa shape index (κ2) is 6.80. The number of aliphatic hydroxyl groups is 1. The van der Waals surface area contributed by atoms with Gasteiger partial charge in [-0.25, -0.2) is 0 Å². The van der Waals surface area contributed by atoms with Gasteiger partial charge in [-0.15, -0.1) is 0 Å². The second-order valence-electron chi connectivity index (χ2n) is 4.00. The molecule has 0 aromatic carbocycles. The van der Waals surface area contributed by atoms with Crippen molar-refractivity contribution in [2.24, 2.45) is 0 Å². The lowest BCUT2D eigenvalue weighted by Gasteiger charge is -2.34. The lowest BCUT2D eigenvalue weighted by atomic mass is 10.2. The van der Waals surface area contributed by atoms with Crippen LogP contribution in [0.1, 0.15) is 26.2 Å². The van der Waals surface area contributed by atoms with E-state index >= 15 is 0 Å². The zero-order chi connectivity index (χ0) is 11.1. The number of nitrogens with zero attached hydrogens (tertiary/aromatic N) is 2. The number of aliphatic hydroxyl groups excluding tert-OH is 1. The molecule has 1 saturated heterocycles. The van der Waals surface area contributed by atoms with Crippen molar-refractivity contribution in [3.63, 3.8) is 0 Å². The zero-order valence-electron chi connectivity index (χ0n) is 9.61. The molecule has 0 saturated carbocycles. The van der Waals surface area contributed by atoms with Crippen LogP contribution in [0.3, 0.4) is 0 Å². The average molecular weight is 214 g/mol. The summed E-state index contributed by atoms with van der Waals surface area (Å²) in [5.41, 5.74) is 0. The summed E-state index contributed by atoms with van der Waals surface area (Å²) in [6.45, 7) is 7.16. The van der Waals surface area contributed by atoms with Crippen LogP contribution in [-0.2, 0) is 4.79 Å². The molecule has 0 aromatic heterocycles. The Balaban J connectivity index is 2.18. The highest BCUT2D eigenvalue weighted by Gasteiger charge is 2.19. The number of hydrogen-bond donors (Lipinski definition) is 1. The third kappa shape index (κ3) is 4.18. The van der Waals surface area contributed by atoms with Crippen molar-refractivity contribution < 1.29 is 9.90 Å². The summed E-state index contributed by atoms with van der Waals surface area (Å²) < 4.78 is 0. The molecule has 0 aliphatic carbocycles. The summed E-state index contributed by atoms with van der Waals surface area (Å²) in [6, 6.07) is 0. The van der Waals surface area contributed by atoms with Crippen LogP contribution in [0.4, 0.5) is 0 Å². The second-order valence-corrected chi connectivity index (χ2v) is 4.00. The van der Waals surface area contributed by atoms with Gasteiger partial charge in [0.05, 0.1) is 0 Å². The first-order valence-electron chi connectivity index (χ1n) is 5.89. The van der Waals surface area contributed by atoms with E-state index in [9.17, 15) is 4.79 Å². The average Bonchev–Trinajstić information content (AvgIpc) is 2.29. The van der Waals surface area contributed by atoms with E-state index < -0.39 is 0 Å². The molecule has 1 aliphatic heterocycles. The molecule has 1 N–H and O–H groups in total. The maximum absolute atomic E-state index is 11.7. The van der Waals surface area contributed by atoms with E-state index in [1.54, 1.807) is 0 Å². The molecule has 0 radical (unpaired) electrons. The van der Waals surface area contributed by atoms with E-state index in [1.165, 1.54) is 0 Å². The van der Waals surface area contributed by atoms with Gasteiger partial charge in [-0.2, -0.15) is 0 Å². The molecule has 1 amide bonds. The van der Waals surface area contributed by atoms with Gasteiger partial charge in [-0.3, -0.25) is 4.79 Å². The van der Waals surface area contributed by atoms with Crippen LogP contribution in [0.5, 0.6) is 0 Å². The molecule has 0 atom stereocenters. The fourth-order valence-electron chi connectivity index (χ4n) is 1.86. The van der Waals surface area contributed by atoms with Gasteiger partial charge in [0.2, 0.25) is 5.91 Å². The molecule has 1 fully saturated rings. The van der Waals surface area contributed by atoms with Gasteiger partial charge in [0.25, 0.3) is 0 Å². The minimum atomic E-state index is 0.191. The summed E-state index contributed by atoms with van der Waals surface area (Å²) >= 11 is 0. The van der Waals surface area contributed by atoms with Crippen LogP contribution in [0.25, 0.3) is 0 Å². The van der Waals surface area contributed by atoms with Gasteiger partial charge < -0.3 is 14.9 Å². The van der Waals surface area contributed by atoms with Crippen molar-refractivity contribution in [2.45, 2.75) is 26.2 Å². The SMILES string of the molecule is CCN1CCN(C(=O)CCCCO)CC1. The first-order valence-corrected chi connectivity index (χ1v) is 5.89. The molecule has 1 aliphatic rings. The number of carbonyl (C=O) groups excluding carboxylic acids is 1. The third-order valence-electron chi connectivity index (χ3n) is 2.97. The van der Waals surface area contributed by atoms with E-state index in [2.05, 4.69) is 11.8 Å². The van der Waals surface area contributed by atoms with Crippen molar-refractivity contribution in [2.75, 3.05) is 39.3 Å². The molecular weight excluding hydrogens is 192 g/mol. The summed E-state index contributed by atoms with van der Waals surface area (Å²) in [4.78, 5) is 16.0. The fraction of sp³-hybridized carbons (Fsp3) is 0.909. The Hall–Kier alpha value is -0.610. The highest BCUT2D eigenvalue weighted by molar-refractivity contribution is 5.76. The minimum Gasteiger partial charge on any atom is -0.396 e. The molecule has 88 valence electrons. The number of likely N-dealkylation sites (N-methyl/N-ethyl adjacent to an activating group) is 1. The van der Waals surface area contributed by atoms with Gasteiger partial charge >= 0.3 is 0 Å². The predicted octanol–water partition coefficient (Wildman–Crippen LogP) is 0.313. The Bertz CT molecular complexity index is 189. The monoisotopic (exact) mass is 214 g/mol. The van der Waals surface area contributed by atoms with Gasteiger partial charge in [-0.1, -0.05) is 6.92 Å². The molecule has 0 unspecified atom stereocenters. The standard InChI is InChI=1S/C11H22N2O2/c1-2-12-6-8-13(9-7-12)11(15)5-3-4-10-14/h14H,2-10H2,1H3.